The van der Waals surface area contributed by atoms with E-state index >= 15 is 0 Å². The number of hydrogen-bond donors (Lipinski definition) is 1. The minimum Gasteiger partial charge on any atom is -0.497 e. The molecule has 0 radical (unpaired) electrons. The van der Waals surface area contributed by atoms with E-state index in [4.69, 9.17) is 18.9 Å². The number of aryl methyl sites for hydroxylation is 1. The fraction of sp³-hybridized carbons (Fsp3) is 0.412. The molecule has 12 heteroatoms. The Bertz CT molecular complexity index is 1590. The SMILES string of the molecule is CC[C@H](C)NC(=O)[C@H](CC)N(Cc1ccc(C)cc1)C(=O)CN(c1cc(OC)ccc1OC)S(=O)(=O)c1ccc(OC)c(OC)c1. The van der Waals surface area contributed by atoms with Gasteiger partial charge in [0, 0.05) is 24.7 Å². The second-order valence-electron chi connectivity index (χ2n) is 10.8. The van der Waals surface area contributed by atoms with Gasteiger partial charge in [-0.25, -0.2) is 8.42 Å². The Morgan fingerprint density at radius 2 is 1.43 bits per heavy atom. The molecule has 3 aromatic rings. The molecule has 46 heavy (non-hydrogen) atoms. The first-order chi connectivity index (χ1) is 21.9. The van der Waals surface area contributed by atoms with Crippen molar-refractivity contribution in [3.05, 3.63) is 71.8 Å². The molecular weight excluding hydrogens is 610 g/mol. The summed E-state index contributed by atoms with van der Waals surface area (Å²) in [6.07, 6.45) is 1.02. The first kappa shape index (κ1) is 36.0. The lowest BCUT2D eigenvalue weighted by molar-refractivity contribution is -0.140. The van der Waals surface area contributed by atoms with Crippen LogP contribution in [0.25, 0.3) is 0 Å². The molecule has 0 fully saturated rings. The van der Waals surface area contributed by atoms with Crippen LogP contribution in [-0.4, -0.2) is 72.2 Å². The van der Waals surface area contributed by atoms with E-state index in [1.165, 1.54) is 57.6 Å². The van der Waals surface area contributed by atoms with Crippen molar-refractivity contribution in [3.63, 3.8) is 0 Å². The normalized spacial score (nSPS) is 12.4. The average molecular weight is 656 g/mol. The Morgan fingerprint density at radius 3 is 2.00 bits per heavy atom. The molecule has 3 rings (SSSR count). The molecule has 0 unspecified atom stereocenters. The Balaban J connectivity index is 2.19. The van der Waals surface area contributed by atoms with Gasteiger partial charge in [0.2, 0.25) is 11.8 Å². The lowest BCUT2D eigenvalue weighted by atomic mass is 10.1. The molecule has 0 heterocycles. The molecular formula is C34H45N3O8S. The molecule has 11 nitrogen and oxygen atoms in total. The zero-order valence-electron chi connectivity index (χ0n) is 27.8. The summed E-state index contributed by atoms with van der Waals surface area (Å²) >= 11 is 0. The van der Waals surface area contributed by atoms with Crippen molar-refractivity contribution in [2.75, 3.05) is 39.3 Å². The Kier molecular flexibility index (Phi) is 12.7. The quantitative estimate of drug-likeness (QED) is 0.230. The van der Waals surface area contributed by atoms with Crippen LogP contribution in [0.15, 0.2) is 65.6 Å². The number of sulfonamides is 1. The second-order valence-corrected chi connectivity index (χ2v) is 12.7. The van der Waals surface area contributed by atoms with Crippen molar-refractivity contribution >= 4 is 27.5 Å². The molecule has 250 valence electrons. The Labute approximate surface area is 272 Å². The van der Waals surface area contributed by atoms with Crippen LogP contribution in [-0.2, 0) is 26.2 Å². The fourth-order valence-corrected chi connectivity index (χ4v) is 6.29. The van der Waals surface area contributed by atoms with Crippen LogP contribution in [0.4, 0.5) is 5.69 Å². The van der Waals surface area contributed by atoms with E-state index in [1.807, 2.05) is 52.0 Å². The van der Waals surface area contributed by atoms with Gasteiger partial charge in [-0.15, -0.1) is 0 Å². The highest BCUT2D eigenvalue weighted by atomic mass is 32.2. The number of rotatable bonds is 16. The average Bonchev–Trinajstić information content (AvgIpc) is 3.06. The number of anilines is 1. The van der Waals surface area contributed by atoms with Crippen molar-refractivity contribution in [1.29, 1.82) is 0 Å². The number of benzene rings is 3. The third-order valence-electron chi connectivity index (χ3n) is 7.74. The van der Waals surface area contributed by atoms with Crippen molar-refractivity contribution < 1.29 is 37.0 Å². The maximum atomic E-state index is 14.5. The highest BCUT2D eigenvalue weighted by Gasteiger charge is 2.35. The molecule has 0 saturated heterocycles. The monoisotopic (exact) mass is 655 g/mol. The minimum atomic E-state index is -4.44. The summed E-state index contributed by atoms with van der Waals surface area (Å²) in [5.41, 5.74) is 1.92. The maximum Gasteiger partial charge on any atom is 0.265 e. The van der Waals surface area contributed by atoms with Gasteiger partial charge in [0.1, 0.15) is 24.1 Å². The first-order valence-corrected chi connectivity index (χ1v) is 16.5. The smallest absolute Gasteiger partial charge is 0.265 e. The summed E-state index contributed by atoms with van der Waals surface area (Å²) in [7, 11) is 1.27. The van der Waals surface area contributed by atoms with E-state index in [9.17, 15) is 18.0 Å². The number of carbonyl (C=O) groups is 2. The van der Waals surface area contributed by atoms with Gasteiger partial charge < -0.3 is 29.2 Å². The topological polar surface area (TPSA) is 124 Å². The van der Waals surface area contributed by atoms with Crippen LogP contribution in [0.5, 0.6) is 23.0 Å². The van der Waals surface area contributed by atoms with E-state index in [0.29, 0.717) is 24.3 Å². The molecule has 0 aliphatic heterocycles. The lowest BCUT2D eigenvalue weighted by Gasteiger charge is -2.34. The highest BCUT2D eigenvalue weighted by molar-refractivity contribution is 7.92. The van der Waals surface area contributed by atoms with Crippen molar-refractivity contribution in [2.24, 2.45) is 0 Å². The van der Waals surface area contributed by atoms with Gasteiger partial charge in [0.05, 0.1) is 39.0 Å². The van der Waals surface area contributed by atoms with Crippen LogP contribution < -0.4 is 28.6 Å². The molecule has 2 atom stereocenters. The minimum absolute atomic E-state index is 0.0809. The molecule has 0 aromatic heterocycles. The van der Waals surface area contributed by atoms with Gasteiger partial charge in [-0.1, -0.05) is 43.7 Å². The summed E-state index contributed by atoms with van der Waals surface area (Å²) in [6.45, 7) is 7.08. The van der Waals surface area contributed by atoms with E-state index in [0.717, 1.165) is 15.4 Å². The molecule has 1 N–H and O–H groups in total. The third kappa shape index (κ3) is 8.42. The Morgan fingerprint density at radius 1 is 0.804 bits per heavy atom. The molecule has 3 aromatic carbocycles. The zero-order valence-corrected chi connectivity index (χ0v) is 28.6. The third-order valence-corrected chi connectivity index (χ3v) is 9.49. The van der Waals surface area contributed by atoms with Crippen LogP contribution in [0.1, 0.15) is 44.7 Å². The highest BCUT2D eigenvalue weighted by Crippen LogP contribution is 2.38. The molecule has 0 bridgehead atoms. The summed E-state index contributed by atoms with van der Waals surface area (Å²) in [5.74, 6) is 0.189. The summed E-state index contributed by atoms with van der Waals surface area (Å²) in [6, 6.07) is 15.5. The predicted octanol–water partition coefficient (Wildman–Crippen LogP) is 4.95. The zero-order chi connectivity index (χ0) is 34.0. The van der Waals surface area contributed by atoms with Crippen molar-refractivity contribution in [3.8, 4) is 23.0 Å². The van der Waals surface area contributed by atoms with Gasteiger partial charge in [0.15, 0.2) is 11.5 Å². The van der Waals surface area contributed by atoms with E-state index in [2.05, 4.69) is 5.32 Å². The van der Waals surface area contributed by atoms with Gasteiger partial charge >= 0.3 is 0 Å². The summed E-state index contributed by atoms with van der Waals surface area (Å²) in [4.78, 5) is 29.3. The maximum absolute atomic E-state index is 14.5. The van der Waals surface area contributed by atoms with E-state index < -0.39 is 28.5 Å². The molecule has 0 spiro atoms. The first-order valence-electron chi connectivity index (χ1n) is 15.1. The number of amides is 2. The molecule has 2 amide bonds. The second kappa shape index (κ2) is 16.2. The van der Waals surface area contributed by atoms with Crippen LogP contribution >= 0.6 is 0 Å². The summed E-state index contributed by atoms with van der Waals surface area (Å²) in [5, 5.41) is 2.98. The number of hydrogen-bond acceptors (Lipinski definition) is 8. The standard InChI is InChI=1S/C34H45N3O8S/c1-9-24(4)35-34(39)28(10-2)36(21-25-13-11-23(3)12-14-25)33(38)22-37(29-19-26(42-5)15-17-30(29)43-6)46(40,41)27-16-18-31(44-7)32(20-27)45-8/h11-20,24,28H,9-10,21-22H2,1-8H3,(H,35,39)/t24-,28-/m0/s1. The van der Waals surface area contributed by atoms with Gasteiger partial charge in [-0.05, 0) is 56.5 Å². The van der Waals surface area contributed by atoms with Gasteiger partial charge in [-0.2, -0.15) is 0 Å². The lowest BCUT2D eigenvalue weighted by Crippen LogP contribution is -2.53. The van der Waals surface area contributed by atoms with E-state index in [-0.39, 0.29) is 40.6 Å². The van der Waals surface area contributed by atoms with Crippen molar-refractivity contribution in [1.82, 2.24) is 10.2 Å². The van der Waals surface area contributed by atoms with Crippen LogP contribution in [0.2, 0.25) is 0 Å². The number of methoxy groups -OCH3 is 4. The Hall–Kier alpha value is -4.45. The molecule has 0 aliphatic rings. The van der Waals surface area contributed by atoms with Gasteiger partial charge in [0.25, 0.3) is 10.0 Å². The molecule has 0 aliphatic carbocycles. The number of nitrogens with zero attached hydrogens (tertiary/aromatic N) is 2. The molecule has 0 saturated carbocycles. The van der Waals surface area contributed by atoms with Gasteiger partial charge in [-0.3, -0.25) is 13.9 Å². The predicted molar refractivity (Wildman–Crippen MR) is 177 cm³/mol. The van der Waals surface area contributed by atoms with Crippen molar-refractivity contribution in [2.45, 2.75) is 64.1 Å². The van der Waals surface area contributed by atoms with Crippen LogP contribution in [0, 0.1) is 6.92 Å². The number of nitrogens with one attached hydrogen (secondary N) is 1. The summed E-state index contributed by atoms with van der Waals surface area (Å²) < 4.78 is 51.5. The number of carbonyl (C=O) groups excluding carboxylic acids is 2. The fourth-order valence-electron chi connectivity index (χ4n) is 4.86. The van der Waals surface area contributed by atoms with Crippen LogP contribution in [0.3, 0.4) is 0 Å². The largest absolute Gasteiger partial charge is 0.497 e. The number of ether oxygens (including phenoxy) is 4. The van der Waals surface area contributed by atoms with E-state index in [1.54, 1.807) is 12.1 Å².